The van der Waals surface area contributed by atoms with Gasteiger partial charge in [-0.1, -0.05) is 18.2 Å². The third-order valence-corrected chi connectivity index (χ3v) is 9.30. The van der Waals surface area contributed by atoms with Crippen molar-refractivity contribution < 1.29 is 47.7 Å². The highest BCUT2D eigenvalue weighted by atomic mass is 35.5. The quantitative estimate of drug-likeness (QED) is 0.146. The third kappa shape index (κ3) is 6.75. The molecule has 1 saturated heterocycles. The minimum atomic E-state index is -4.85. The number of halogens is 2. The first-order chi connectivity index (χ1) is 17.7. The van der Waals surface area contributed by atoms with Crippen LogP contribution in [-0.4, -0.2) is 81.5 Å². The van der Waals surface area contributed by atoms with Gasteiger partial charge in [0.2, 0.25) is 5.28 Å². The molecule has 0 spiro atoms. The number of nitrogens with one attached hydrogen (secondary N) is 1. The van der Waals surface area contributed by atoms with Gasteiger partial charge in [0.25, 0.3) is 0 Å². The number of hydrogen-bond acceptors (Lipinski definition) is 10. The summed E-state index contributed by atoms with van der Waals surface area (Å²) in [6.07, 6.45) is -4.16. The van der Waals surface area contributed by atoms with E-state index >= 15 is 0 Å². The largest absolute Gasteiger partial charge is 0.387 e. The molecule has 208 valence electrons. The van der Waals surface area contributed by atoms with Crippen LogP contribution >= 0.6 is 26.8 Å². The minimum Gasteiger partial charge on any atom is -0.387 e. The molecule has 1 aliphatic heterocycles. The summed E-state index contributed by atoms with van der Waals surface area (Å²) in [5.74, 6) is -1.48. The van der Waals surface area contributed by atoms with E-state index in [1.54, 1.807) is 18.2 Å². The summed E-state index contributed by atoms with van der Waals surface area (Å²) in [4.78, 5) is 35.8. The van der Waals surface area contributed by atoms with Gasteiger partial charge >= 0.3 is 15.2 Å². The second-order valence-electron chi connectivity index (χ2n) is 8.79. The molecule has 6 atom stereocenters. The van der Waals surface area contributed by atoms with E-state index in [1.165, 1.54) is 12.3 Å². The monoisotopic (exact) mass is 595 g/mol. The van der Waals surface area contributed by atoms with Crippen LogP contribution in [0.1, 0.15) is 18.7 Å². The molecule has 1 aromatic carbocycles. The maximum absolute atomic E-state index is 14.1. The van der Waals surface area contributed by atoms with Crippen molar-refractivity contribution in [2.75, 3.05) is 17.8 Å². The maximum Gasteiger partial charge on any atom is 0.340 e. The normalized spacial score (nSPS) is 24.4. The van der Waals surface area contributed by atoms with Crippen LogP contribution in [0.25, 0.3) is 11.0 Å². The topological polar surface area (TPSA) is 209 Å². The molecule has 0 amide bonds. The summed E-state index contributed by atoms with van der Waals surface area (Å²) in [6, 6.07) is 6.06. The van der Waals surface area contributed by atoms with E-state index < -0.39 is 52.2 Å². The van der Waals surface area contributed by atoms with Crippen LogP contribution in [0.4, 0.5) is 10.2 Å². The zero-order chi connectivity index (χ0) is 27.8. The molecule has 6 N–H and O–H groups in total. The molecular weight excluding hydrogens is 571 g/mol. The van der Waals surface area contributed by atoms with E-state index in [4.69, 9.17) is 30.6 Å². The van der Waals surface area contributed by atoms with Crippen molar-refractivity contribution in [3.8, 4) is 0 Å². The van der Waals surface area contributed by atoms with Crippen molar-refractivity contribution in [1.82, 2.24) is 19.7 Å². The second kappa shape index (κ2) is 11.2. The van der Waals surface area contributed by atoms with E-state index in [1.807, 2.05) is 6.92 Å². The maximum atomic E-state index is 14.1. The number of aliphatic hydroxyl groups excluding tert-OH is 2. The number of hydrogen-bond donors (Lipinski definition) is 6. The molecule has 3 heterocycles. The summed E-state index contributed by atoms with van der Waals surface area (Å²) in [5, 5.41) is 28.5. The highest BCUT2D eigenvalue weighted by Crippen LogP contribution is 2.55. The number of anilines is 1. The number of nitrogens with zero attached hydrogens (tertiary/aromatic N) is 4. The summed E-state index contributed by atoms with van der Waals surface area (Å²) in [7, 11) is -9.57. The van der Waals surface area contributed by atoms with Gasteiger partial charge in [0.1, 0.15) is 29.9 Å². The Labute approximate surface area is 220 Å². The Bertz CT molecular complexity index is 1410. The van der Waals surface area contributed by atoms with Gasteiger partial charge in [0.05, 0.1) is 18.2 Å². The van der Waals surface area contributed by atoms with Gasteiger partial charge in [-0.15, -0.1) is 0 Å². The molecule has 4 rings (SSSR count). The van der Waals surface area contributed by atoms with Crippen molar-refractivity contribution in [2.24, 2.45) is 0 Å². The summed E-state index contributed by atoms with van der Waals surface area (Å²) in [5.41, 5.74) is 0.621. The molecule has 1 fully saturated rings. The fraction of sp³-hybridized carbons (Fsp3) is 0.450. The fourth-order valence-corrected chi connectivity index (χ4v) is 6.74. The Morgan fingerprint density at radius 3 is 2.61 bits per heavy atom. The van der Waals surface area contributed by atoms with E-state index in [-0.39, 0.29) is 28.6 Å². The van der Waals surface area contributed by atoms with Gasteiger partial charge in [0.15, 0.2) is 17.8 Å². The van der Waals surface area contributed by atoms with E-state index in [9.17, 15) is 28.6 Å². The summed E-state index contributed by atoms with van der Waals surface area (Å²) >= 11 is 6.12. The SMILES string of the molecule is C[C@H](Cc1ccccc1F)Nc1nc(Cl)nc2c1cnn2[C@@H]1O[C@H](COP(=O)(O)CP(=O)(O)O)[C@@H](O)[C@H]1O. The number of rotatable bonds is 10. The Kier molecular flexibility index (Phi) is 8.55. The Hall–Kier alpha value is -2.03. The summed E-state index contributed by atoms with van der Waals surface area (Å²) < 4.78 is 48.4. The lowest BCUT2D eigenvalue weighted by atomic mass is 10.1. The standard InChI is InChI=1S/C20H25ClFN5O9P2/c1-10(6-11-4-2-3-5-13(11)22)24-17-12-7-23-27(18(12)26-20(21)25-17)19-16(29)15(28)14(36-19)8-35-38(33,34)9-37(30,31)32/h2-5,7,10,14-16,19,28-29H,6,8-9H2,1H3,(H,33,34)(H,24,25,26)(H2,30,31,32)/t10-,14-,15-,16-,19-/m1/s1. The van der Waals surface area contributed by atoms with Gasteiger partial charge in [0, 0.05) is 6.04 Å². The Morgan fingerprint density at radius 1 is 1.21 bits per heavy atom. The fourth-order valence-electron chi connectivity index (χ4n) is 4.01. The molecule has 2 aromatic heterocycles. The number of aliphatic hydroxyl groups is 2. The lowest BCUT2D eigenvalue weighted by Crippen LogP contribution is -2.33. The molecule has 18 heteroatoms. The predicted molar refractivity (Wildman–Crippen MR) is 132 cm³/mol. The molecular formula is C20H25ClFN5O9P2. The van der Waals surface area contributed by atoms with E-state index in [2.05, 4.69) is 20.4 Å². The zero-order valence-electron chi connectivity index (χ0n) is 19.7. The number of aromatic nitrogens is 4. The first-order valence-electron chi connectivity index (χ1n) is 11.2. The van der Waals surface area contributed by atoms with Crippen molar-refractivity contribution in [3.63, 3.8) is 0 Å². The first kappa shape index (κ1) is 29.0. The zero-order valence-corrected chi connectivity index (χ0v) is 22.2. The Balaban J connectivity index is 1.52. The van der Waals surface area contributed by atoms with Crippen LogP contribution in [0, 0.1) is 5.82 Å². The van der Waals surface area contributed by atoms with Crippen LogP contribution in [0.3, 0.4) is 0 Å². The van der Waals surface area contributed by atoms with Crippen molar-refractivity contribution in [1.29, 1.82) is 0 Å². The molecule has 38 heavy (non-hydrogen) atoms. The van der Waals surface area contributed by atoms with Gasteiger partial charge < -0.3 is 39.5 Å². The average Bonchev–Trinajstić information content (AvgIpc) is 3.33. The number of ether oxygens (including phenoxy) is 1. The van der Waals surface area contributed by atoms with E-state index in [0.717, 1.165) is 4.68 Å². The molecule has 1 unspecified atom stereocenters. The number of benzene rings is 1. The molecule has 1 aliphatic rings. The Morgan fingerprint density at radius 2 is 1.92 bits per heavy atom. The van der Waals surface area contributed by atoms with E-state index in [0.29, 0.717) is 17.4 Å². The molecule has 3 aromatic rings. The lowest BCUT2D eigenvalue weighted by Gasteiger charge is -2.18. The average molecular weight is 596 g/mol. The van der Waals surface area contributed by atoms with Crippen molar-refractivity contribution >= 4 is 43.6 Å². The van der Waals surface area contributed by atoms with Crippen molar-refractivity contribution in [3.05, 3.63) is 47.1 Å². The van der Waals surface area contributed by atoms with Gasteiger partial charge in [-0.2, -0.15) is 15.1 Å². The third-order valence-electron chi connectivity index (χ3n) is 5.68. The molecule has 0 bridgehead atoms. The van der Waals surface area contributed by atoms with Gasteiger partial charge in [-0.3, -0.25) is 9.13 Å². The van der Waals surface area contributed by atoms with Crippen LogP contribution in [0.5, 0.6) is 0 Å². The summed E-state index contributed by atoms with van der Waals surface area (Å²) in [6.45, 7) is 1.06. The second-order valence-corrected chi connectivity index (χ2v) is 13.1. The number of fused-ring (bicyclic) bond motifs is 1. The first-order valence-corrected chi connectivity index (χ1v) is 15.1. The van der Waals surface area contributed by atoms with Gasteiger partial charge in [-0.05, 0) is 36.6 Å². The van der Waals surface area contributed by atoms with Crippen LogP contribution < -0.4 is 5.32 Å². The highest BCUT2D eigenvalue weighted by Gasteiger charge is 2.46. The van der Waals surface area contributed by atoms with Crippen molar-refractivity contribution in [2.45, 2.75) is 43.9 Å². The van der Waals surface area contributed by atoms with Crippen LogP contribution in [0.2, 0.25) is 5.28 Å². The molecule has 0 radical (unpaired) electrons. The predicted octanol–water partition coefficient (Wildman–Crippen LogP) is 1.62. The molecule has 0 saturated carbocycles. The van der Waals surface area contributed by atoms with Gasteiger partial charge in [-0.25, -0.2) is 9.07 Å². The highest BCUT2D eigenvalue weighted by molar-refractivity contribution is 7.70. The van der Waals surface area contributed by atoms with Crippen LogP contribution in [-0.2, 0) is 24.8 Å². The molecule has 14 nitrogen and oxygen atoms in total. The smallest absolute Gasteiger partial charge is 0.340 e. The lowest BCUT2D eigenvalue weighted by molar-refractivity contribution is -0.0541. The minimum absolute atomic E-state index is 0.123. The molecule has 0 aliphatic carbocycles. The van der Waals surface area contributed by atoms with Crippen LogP contribution in [0.15, 0.2) is 30.5 Å².